The number of hydrogen-bond donors (Lipinski definition) is 1. The first-order chi connectivity index (χ1) is 12.5. The van der Waals surface area contributed by atoms with Gasteiger partial charge in [-0.1, -0.05) is 48.0 Å². The second kappa shape index (κ2) is 8.23. The maximum absolute atomic E-state index is 12.4. The third-order valence-electron chi connectivity index (χ3n) is 4.51. The molecule has 0 saturated carbocycles. The number of carbonyl (C=O) groups excluding carboxylic acids is 2. The van der Waals surface area contributed by atoms with Crippen molar-refractivity contribution >= 4 is 34.8 Å². The van der Waals surface area contributed by atoms with E-state index in [2.05, 4.69) is 10.2 Å². The first-order valence-electron chi connectivity index (χ1n) is 8.67. The lowest BCUT2D eigenvalue weighted by molar-refractivity contribution is -0.129. The van der Waals surface area contributed by atoms with E-state index in [1.807, 2.05) is 53.4 Å². The van der Waals surface area contributed by atoms with E-state index in [9.17, 15) is 9.59 Å². The quantitative estimate of drug-likeness (QED) is 0.898. The van der Waals surface area contributed by atoms with E-state index in [4.69, 9.17) is 11.6 Å². The zero-order valence-electron chi connectivity index (χ0n) is 14.7. The molecule has 1 aliphatic heterocycles. The maximum Gasteiger partial charge on any atom is 0.228 e. The molecule has 6 heteroatoms. The van der Waals surface area contributed by atoms with Crippen LogP contribution in [0, 0.1) is 0 Å². The number of anilines is 2. The summed E-state index contributed by atoms with van der Waals surface area (Å²) in [5.41, 5.74) is 2.48. The second-order valence-corrected chi connectivity index (χ2v) is 6.75. The van der Waals surface area contributed by atoms with Gasteiger partial charge in [0.15, 0.2) is 0 Å². The van der Waals surface area contributed by atoms with E-state index in [1.54, 1.807) is 6.92 Å². The highest BCUT2D eigenvalue weighted by Crippen LogP contribution is 2.34. The van der Waals surface area contributed by atoms with Crippen molar-refractivity contribution in [3.05, 3.63) is 59.1 Å². The van der Waals surface area contributed by atoms with Gasteiger partial charge in [-0.25, -0.2) is 0 Å². The second-order valence-electron chi connectivity index (χ2n) is 6.34. The van der Waals surface area contributed by atoms with Crippen molar-refractivity contribution in [2.75, 3.05) is 36.4 Å². The topological polar surface area (TPSA) is 52.7 Å². The Labute approximate surface area is 158 Å². The summed E-state index contributed by atoms with van der Waals surface area (Å²) in [4.78, 5) is 27.9. The van der Waals surface area contributed by atoms with Crippen molar-refractivity contribution in [1.29, 1.82) is 0 Å². The van der Waals surface area contributed by atoms with E-state index in [-0.39, 0.29) is 11.8 Å². The summed E-state index contributed by atoms with van der Waals surface area (Å²) in [6.45, 7) is 4.26. The largest absolute Gasteiger partial charge is 0.365 e. The van der Waals surface area contributed by atoms with Crippen molar-refractivity contribution < 1.29 is 9.59 Å². The van der Waals surface area contributed by atoms with Crippen LogP contribution < -0.4 is 10.2 Å². The van der Waals surface area contributed by atoms with Crippen LogP contribution in [0.15, 0.2) is 48.5 Å². The van der Waals surface area contributed by atoms with Gasteiger partial charge in [0, 0.05) is 33.1 Å². The first kappa shape index (κ1) is 18.3. The monoisotopic (exact) mass is 371 g/mol. The van der Waals surface area contributed by atoms with Gasteiger partial charge < -0.3 is 15.1 Å². The number of amides is 2. The number of rotatable bonds is 4. The summed E-state index contributed by atoms with van der Waals surface area (Å²) in [5.74, 6) is 0.00212. The van der Waals surface area contributed by atoms with E-state index >= 15 is 0 Å². The summed E-state index contributed by atoms with van der Waals surface area (Å²) >= 11 is 6.43. The number of piperazine rings is 1. The molecule has 0 bridgehead atoms. The van der Waals surface area contributed by atoms with Gasteiger partial charge in [0.2, 0.25) is 11.8 Å². The third kappa shape index (κ3) is 4.35. The summed E-state index contributed by atoms with van der Waals surface area (Å²) in [5, 5.41) is 3.58. The lowest BCUT2D eigenvalue weighted by Crippen LogP contribution is -2.48. The van der Waals surface area contributed by atoms with Crippen LogP contribution in [-0.2, 0) is 16.0 Å². The van der Waals surface area contributed by atoms with Gasteiger partial charge in [-0.15, -0.1) is 0 Å². The van der Waals surface area contributed by atoms with E-state index < -0.39 is 0 Å². The van der Waals surface area contributed by atoms with Crippen LogP contribution in [0.4, 0.5) is 11.4 Å². The SMILES string of the molecule is CC(=O)N1CCN(c2c(Cl)cccc2NC(=O)Cc2ccccc2)CC1. The molecule has 0 aliphatic carbocycles. The minimum atomic E-state index is -0.0814. The molecule has 136 valence electrons. The molecule has 1 saturated heterocycles. The Morgan fingerprint density at radius 1 is 1.00 bits per heavy atom. The number of nitrogens with one attached hydrogen (secondary N) is 1. The molecule has 0 spiro atoms. The van der Waals surface area contributed by atoms with E-state index in [1.165, 1.54) is 0 Å². The summed E-state index contributed by atoms with van der Waals surface area (Å²) in [7, 11) is 0. The predicted octanol–water partition coefficient (Wildman–Crippen LogP) is 3.19. The predicted molar refractivity (Wildman–Crippen MR) is 105 cm³/mol. The van der Waals surface area contributed by atoms with Gasteiger partial charge in [-0.3, -0.25) is 9.59 Å². The van der Waals surface area contributed by atoms with Crippen LogP contribution in [0.2, 0.25) is 5.02 Å². The standard InChI is InChI=1S/C20H22ClN3O2/c1-15(25)23-10-12-24(13-11-23)20-17(21)8-5-9-18(20)22-19(26)14-16-6-3-2-4-7-16/h2-9H,10-14H2,1H3,(H,22,26). The minimum absolute atomic E-state index is 0.0814. The van der Waals surface area contributed by atoms with Gasteiger partial charge in [0.05, 0.1) is 22.8 Å². The Morgan fingerprint density at radius 2 is 1.69 bits per heavy atom. The highest BCUT2D eigenvalue weighted by atomic mass is 35.5. The first-order valence-corrected chi connectivity index (χ1v) is 9.05. The van der Waals surface area contributed by atoms with Gasteiger partial charge in [0.1, 0.15) is 0 Å². The van der Waals surface area contributed by atoms with Crippen LogP contribution in [0.25, 0.3) is 0 Å². The normalized spacial score (nSPS) is 14.2. The molecule has 3 rings (SSSR count). The number of halogens is 1. The highest BCUT2D eigenvalue weighted by molar-refractivity contribution is 6.34. The van der Waals surface area contributed by atoms with Crippen LogP contribution >= 0.6 is 11.6 Å². The van der Waals surface area contributed by atoms with Crippen LogP contribution in [-0.4, -0.2) is 42.9 Å². The van der Waals surface area contributed by atoms with Gasteiger partial charge in [0.25, 0.3) is 0 Å². The molecule has 1 N–H and O–H groups in total. The van der Waals surface area contributed by atoms with Crippen molar-refractivity contribution in [3.63, 3.8) is 0 Å². The molecule has 2 aromatic rings. The average molecular weight is 372 g/mol. The van der Waals surface area contributed by atoms with Crippen molar-refractivity contribution in [2.45, 2.75) is 13.3 Å². The number of para-hydroxylation sites is 1. The Kier molecular flexibility index (Phi) is 5.78. The smallest absolute Gasteiger partial charge is 0.228 e. The Bertz CT molecular complexity index is 787. The number of benzene rings is 2. The maximum atomic E-state index is 12.4. The van der Waals surface area contributed by atoms with Gasteiger partial charge >= 0.3 is 0 Å². The van der Waals surface area contributed by atoms with Gasteiger partial charge in [-0.2, -0.15) is 0 Å². The lowest BCUT2D eigenvalue weighted by atomic mass is 10.1. The molecule has 2 aromatic carbocycles. The molecule has 1 aliphatic rings. The van der Waals surface area contributed by atoms with Crippen molar-refractivity contribution in [3.8, 4) is 0 Å². The molecule has 0 radical (unpaired) electrons. The molecular weight excluding hydrogens is 350 g/mol. The summed E-state index contributed by atoms with van der Waals surface area (Å²) in [6.07, 6.45) is 0.310. The van der Waals surface area contributed by atoms with Crippen molar-refractivity contribution in [1.82, 2.24) is 4.90 Å². The lowest BCUT2D eigenvalue weighted by Gasteiger charge is -2.37. The minimum Gasteiger partial charge on any atom is -0.365 e. The van der Waals surface area contributed by atoms with E-state index in [0.717, 1.165) is 11.3 Å². The summed E-state index contributed by atoms with van der Waals surface area (Å²) < 4.78 is 0. The molecule has 26 heavy (non-hydrogen) atoms. The van der Waals surface area contributed by atoms with Crippen LogP contribution in [0.3, 0.4) is 0 Å². The zero-order valence-corrected chi connectivity index (χ0v) is 15.5. The Hall–Kier alpha value is -2.53. The average Bonchev–Trinajstić information content (AvgIpc) is 2.63. The van der Waals surface area contributed by atoms with Gasteiger partial charge in [-0.05, 0) is 17.7 Å². The number of nitrogens with zero attached hydrogens (tertiary/aromatic N) is 2. The number of hydrogen-bond acceptors (Lipinski definition) is 3. The van der Waals surface area contributed by atoms with Crippen molar-refractivity contribution in [2.24, 2.45) is 0 Å². The van der Waals surface area contributed by atoms with Crippen LogP contribution in [0.1, 0.15) is 12.5 Å². The fourth-order valence-corrected chi connectivity index (χ4v) is 3.45. The molecule has 1 heterocycles. The molecule has 0 atom stereocenters. The third-order valence-corrected chi connectivity index (χ3v) is 4.81. The van der Waals surface area contributed by atoms with E-state index in [0.29, 0.717) is 43.3 Å². The van der Waals surface area contributed by atoms with Crippen LogP contribution in [0.5, 0.6) is 0 Å². The zero-order chi connectivity index (χ0) is 18.5. The Morgan fingerprint density at radius 3 is 2.35 bits per heavy atom. The molecule has 1 fully saturated rings. The molecular formula is C20H22ClN3O2. The fraction of sp³-hybridized carbons (Fsp3) is 0.300. The molecule has 5 nitrogen and oxygen atoms in total. The highest BCUT2D eigenvalue weighted by Gasteiger charge is 2.23. The summed E-state index contributed by atoms with van der Waals surface area (Å²) in [6, 6.07) is 15.1. The Balaban J connectivity index is 1.73. The molecule has 2 amide bonds. The fourth-order valence-electron chi connectivity index (χ4n) is 3.16. The molecule has 0 aromatic heterocycles. The molecule has 0 unspecified atom stereocenters. The number of carbonyl (C=O) groups is 2.